The normalized spacial score (nSPS) is 11.1. The Morgan fingerprint density at radius 1 is 1.39 bits per heavy atom. The minimum absolute atomic E-state index is 0.0848. The van der Waals surface area contributed by atoms with Gasteiger partial charge in [-0.1, -0.05) is 12.1 Å². The van der Waals surface area contributed by atoms with Crippen LogP contribution in [-0.2, 0) is 4.79 Å². The first-order chi connectivity index (χ1) is 8.44. The molecule has 0 saturated carbocycles. The number of amides is 1. The standard InChI is InChI=1S/C11H13F2NO4/c12-11(13,7-15)6-14-10(17)5-18-9-4-2-1-3-8(9)16/h1-4,15-16H,5-7H2,(H,14,17). The summed E-state index contributed by atoms with van der Waals surface area (Å²) in [5, 5.41) is 19.5. The number of phenolic OH excluding ortho intramolecular Hbond substituents is 1. The van der Waals surface area contributed by atoms with Crippen LogP contribution in [0.3, 0.4) is 0 Å². The first kappa shape index (κ1) is 14.2. The maximum absolute atomic E-state index is 12.6. The van der Waals surface area contributed by atoms with Gasteiger partial charge in [-0.3, -0.25) is 4.79 Å². The maximum Gasteiger partial charge on any atom is 0.287 e. The Morgan fingerprint density at radius 3 is 2.67 bits per heavy atom. The van der Waals surface area contributed by atoms with E-state index in [4.69, 9.17) is 9.84 Å². The van der Waals surface area contributed by atoms with Crippen LogP contribution in [0, 0.1) is 0 Å². The van der Waals surface area contributed by atoms with Crippen LogP contribution in [0.25, 0.3) is 0 Å². The summed E-state index contributed by atoms with van der Waals surface area (Å²) in [6.45, 7) is -2.81. The zero-order valence-corrected chi connectivity index (χ0v) is 9.40. The van der Waals surface area contributed by atoms with E-state index in [2.05, 4.69) is 0 Å². The lowest BCUT2D eigenvalue weighted by Gasteiger charge is -2.14. The number of nitrogens with one attached hydrogen (secondary N) is 1. The highest BCUT2D eigenvalue weighted by Gasteiger charge is 2.28. The second-order valence-corrected chi connectivity index (χ2v) is 3.55. The largest absolute Gasteiger partial charge is 0.504 e. The number of carbonyl (C=O) groups is 1. The van der Waals surface area contributed by atoms with Gasteiger partial charge in [0, 0.05) is 0 Å². The van der Waals surface area contributed by atoms with Gasteiger partial charge in [-0.2, -0.15) is 0 Å². The number of para-hydroxylation sites is 2. The molecule has 0 fully saturated rings. The van der Waals surface area contributed by atoms with Crippen LogP contribution >= 0.6 is 0 Å². The zero-order chi connectivity index (χ0) is 13.6. The number of carbonyl (C=O) groups excluding carboxylic acids is 1. The van der Waals surface area contributed by atoms with Gasteiger partial charge in [-0.05, 0) is 12.1 Å². The molecule has 0 aliphatic heterocycles. The van der Waals surface area contributed by atoms with E-state index in [1.807, 2.05) is 5.32 Å². The molecule has 1 amide bonds. The minimum Gasteiger partial charge on any atom is -0.504 e. The van der Waals surface area contributed by atoms with Crippen LogP contribution in [0.2, 0.25) is 0 Å². The van der Waals surface area contributed by atoms with Crippen molar-refractivity contribution in [3.05, 3.63) is 24.3 Å². The van der Waals surface area contributed by atoms with E-state index in [9.17, 15) is 18.7 Å². The lowest BCUT2D eigenvalue weighted by molar-refractivity contribution is -0.126. The van der Waals surface area contributed by atoms with Crippen molar-refractivity contribution in [2.24, 2.45) is 0 Å². The molecule has 0 atom stereocenters. The van der Waals surface area contributed by atoms with Crippen LogP contribution in [0.15, 0.2) is 24.3 Å². The molecule has 5 nitrogen and oxygen atoms in total. The molecule has 1 rings (SSSR count). The summed E-state index contributed by atoms with van der Waals surface area (Å²) in [4.78, 5) is 11.2. The number of hydrogen-bond donors (Lipinski definition) is 3. The van der Waals surface area contributed by atoms with E-state index in [-0.39, 0.29) is 11.5 Å². The topological polar surface area (TPSA) is 78.8 Å². The number of hydrogen-bond acceptors (Lipinski definition) is 4. The Bertz CT molecular complexity index is 412. The molecule has 7 heteroatoms. The third kappa shape index (κ3) is 4.54. The Hall–Kier alpha value is -1.89. The summed E-state index contributed by atoms with van der Waals surface area (Å²) in [7, 11) is 0. The molecular weight excluding hydrogens is 248 g/mol. The second kappa shape index (κ2) is 6.15. The summed E-state index contributed by atoms with van der Waals surface area (Å²) in [5.74, 6) is -4.19. The van der Waals surface area contributed by atoms with E-state index in [0.29, 0.717) is 0 Å². The number of aromatic hydroxyl groups is 1. The monoisotopic (exact) mass is 261 g/mol. The number of aliphatic hydroxyl groups is 1. The number of aliphatic hydroxyl groups excluding tert-OH is 1. The SMILES string of the molecule is O=C(COc1ccccc1O)NCC(F)(F)CO. The predicted octanol–water partition coefficient (Wildman–Crippen LogP) is 0.515. The molecule has 0 heterocycles. The second-order valence-electron chi connectivity index (χ2n) is 3.55. The molecule has 0 bridgehead atoms. The predicted molar refractivity (Wildman–Crippen MR) is 58.6 cm³/mol. The first-order valence-electron chi connectivity index (χ1n) is 5.11. The van der Waals surface area contributed by atoms with Crippen molar-refractivity contribution in [3.8, 4) is 11.5 Å². The van der Waals surface area contributed by atoms with Gasteiger partial charge in [-0.15, -0.1) is 0 Å². The molecule has 0 aliphatic carbocycles. The number of phenols is 1. The highest BCUT2D eigenvalue weighted by molar-refractivity contribution is 5.77. The number of benzene rings is 1. The number of alkyl halides is 2. The lowest BCUT2D eigenvalue weighted by Crippen LogP contribution is -2.40. The van der Waals surface area contributed by atoms with Crippen molar-refractivity contribution < 1.29 is 28.5 Å². The van der Waals surface area contributed by atoms with Gasteiger partial charge in [0.1, 0.15) is 6.61 Å². The van der Waals surface area contributed by atoms with Crippen molar-refractivity contribution in [3.63, 3.8) is 0 Å². The summed E-state index contributed by atoms with van der Waals surface area (Å²) >= 11 is 0. The van der Waals surface area contributed by atoms with E-state index in [1.165, 1.54) is 12.1 Å². The highest BCUT2D eigenvalue weighted by atomic mass is 19.3. The Labute approximate surface area is 102 Å². The van der Waals surface area contributed by atoms with Crippen LogP contribution in [-0.4, -0.2) is 41.8 Å². The van der Waals surface area contributed by atoms with E-state index >= 15 is 0 Å². The molecule has 0 saturated heterocycles. The van der Waals surface area contributed by atoms with E-state index < -0.39 is 31.6 Å². The van der Waals surface area contributed by atoms with Gasteiger partial charge in [0.25, 0.3) is 11.8 Å². The van der Waals surface area contributed by atoms with Crippen molar-refractivity contribution in [2.75, 3.05) is 19.8 Å². The number of rotatable bonds is 6. The fourth-order valence-electron chi connectivity index (χ4n) is 1.06. The smallest absolute Gasteiger partial charge is 0.287 e. The lowest BCUT2D eigenvalue weighted by atomic mass is 10.3. The maximum atomic E-state index is 12.6. The average molecular weight is 261 g/mol. The molecule has 0 aliphatic rings. The van der Waals surface area contributed by atoms with Crippen molar-refractivity contribution in [2.45, 2.75) is 5.92 Å². The molecule has 0 spiro atoms. The van der Waals surface area contributed by atoms with Crippen molar-refractivity contribution in [1.82, 2.24) is 5.32 Å². The molecule has 0 radical (unpaired) electrons. The zero-order valence-electron chi connectivity index (χ0n) is 9.40. The minimum atomic E-state index is -3.36. The molecule has 3 N–H and O–H groups in total. The molecule has 1 aromatic rings. The Morgan fingerprint density at radius 2 is 2.06 bits per heavy atom. The van der Waals surface area contributed by atoms with Gasteiger partial charge in [-0.25, -0.2) is 8.78 Å². The summed E-state index contributed by atoms with van der Waals surface area (Å²) in [6.07, 6.45) is 0. The molecule has 0 unspecified atom stereocenters. The van der Waals surface area contributed by atoms with E-state index in [1.54, 1.807) is 12.1 Å². The summed E-state index contributed by atoms with van der Waals surface area (Å²) in [6, 6.07) is 5.97. The van der Waals surface area contributed by atoms with Crippen LogP contribution in [0.1, 0.15) is 0 Å². The van der Waals surface area contributed by atoms with Gasteiger partial charge in [0.05, 0.1) is 6.54 Å². The Kier molecular flexibility index (Phi) is 4.85. The van der Waals surface area contributed by atoms with Gasteiger partial charge in [0.15, 0.2) is 18.1 Å². The Balaban J connectivity index is 2.36. The number of halogens is 2. The molecule has 18 heavy (non-hydrogen) atoms. The highest BCUT2D eigenvalue weighted by Crippen LogP contribution is 2.23. The molecule has 100 valence electrons. The van der Waals surface area contributed by atoms with Gasteiger partial charge >= 0.3 is 0 Å². The molecule has 1 aromatic carbocycles. The van der Waals surface area contributed by atoms with Crippen LogP contribution in [0.4, 0.5) is 8.78 Å². The first-order valence-corrected chi connectivity index (χ1v) is 5.11. The van der Waals surface area contributed by atoms with Crippen LogP contribution in [0.5, 0.6) is 11.5 Å². The van der Waals surface area contributed by atoms with Gasteiger partial charge < -0.3 is 20.3 Å². The fourth-order valence-corrected chi connectivity index (χ4v) is 1.06. The summed E-state index contributed by atoms with van der Waals surface area (Å²) < 4.78 is 30.1. The number of ether oxygens (including phenoxy) is 1. The third-order valence-corrected chi connectivity index (χ3v) is 2.00. The fraction of sp³-hybridized carbons (Fsp3) is 0.364. The van der Waals surface area contributed by atoms with E-state index in [0.717, 1.165) is 0 Å². The van der Waals surface area contributed by atoms with Crippen molar-refractivity contribution >= 4 is 5.91 Å². The molecular formula is C11H13F2NO4. The quantitative estimate of drug-likeness (QED) is 0.697. The van der Waals surface area contributed by atoms with Gasteiger partial charge in [0.2, 0.25) is 0 Å². The van der Waals surface area contributed by atoms with Crippen molar-refractivity contribution in [1.29, 1.82) is 0 Å². The van der Waals surface area contributed by atoms with Crippen LogP contribution < -0.4 is 10.1 Å². The summed E-state index contributed by atoms with van der Waals surface area (Å²) in [5.41, 5.74) is 0. The molecule has 0 aromatic heterocycles. The average Bonchev–Trinajstić information content (AvgIpc) is 2.35. The third-order valence-electron chi connectivity index (χ3n) is 2.00.